The fourth-order valence-electron chi connectivity index (χ4n) is 1.75. The summed E-state index contributed by atoms with van der Waals surface area (Å²) in [6, 6.07) is 7.67. The van der Waals surface area contributed by atoms with Crippen LogP contribution in [0, 0.1) is 9.81 Å². The maximum Gasteiger partial charge on any atom is 0.256 e. The number of rotatable bonds is 2. The Balaban J connectivity index is 1.86. The highest BCUT2D eigenvalue weighted by Crippen LogP contribution is 2.25. The minimum absolute atomic E-state index is 0.0697. The molecule has 3 nitrogen and oxygen atoms in total. The minimum atomic E-state index is -0.0697. The van der Waals surface area contributed by atoms with Crippen LogP contribution in [0.3, 0.4) is 0 Å². The van der Waals surface area contributed by atoms with Crippen LogP contribution in [0.25, 0.3) is 10.2 Å². The number of benzene rings is 1. The first kappa shape index (κ1) is 13.0. The summed E-state index contributed by atoms with van der Waals surface area (Å²) in [5.41, 5.74) is 2.49. The highest BCUT2D eigenvalue weighted by atomic mass is 127. The van der Waals surface area contributed by atoms with Crippen LogP contribution in [-0.2, 0) is 0 Å². The zero-order valence-corrected chi connectivity index (χ0v) is 13.7. The molecule has 1 N–H and O–H groups in total. The SMILES string of the molecule is Cc1nc2ccc(NC(=O)c3csc(I)c3)cc2s1. The predicted octanol–water partition coefficient (Wildman–Crippen LogP) is 4.52. The summed E-state index contributed by atoms with van der Waals surface area (Å²) in [4.78, 5) is 16.5. The molecule has 0 aliphatic heterocycles. The Labute approximate surface area is 131 Å². The van der Waals surface area contributed by atoms with Crippen LogP contribution < -0.4 is 5.32 Å². The van der Waals surface area contributed by atoms with Crippen LogP contribution in [0.5, 0.6) is 0 Å². The molecule has 0 aliphatic carbocycles. The molecule has 2 heterocycles. The molecule has 3 aromatic rings. The van der Waals surface area contributed by atoms with Crippen LogP contribution in [0.2, 0.25) is 0 Å². The van der Waals surface area contributed by atoms with Crippen LogP contribution >= 0.6 is 45.3 Å². The van der Waals surface area contributed by atoms with E-state index < -0.39 is 0 Å². The summed E-state index contributed by atoms with van der Waals surface area (Å²) in [5, 5.41) is 5.82. The molecule has 1 aromatic carbocycles. The zero-order valence-electron chi connectivity index (χ0n) is 9.94. The number of anilines is 1. The molecule has 0 bridgehead atoms. The van der Waals surface area contributed by atoms with Crippen LogP contribution in [0.4, 0.5) is 5.69 Å². The normalized spacial score (nSPS) is 10.8. The number of amides is 1. The van der Waals surface area contributed by atoms with E-state index in [9.17, 15) is 4.79 Å². The first-order valence-corrected chi connectivity index (χ1v) is 8.32. The molecular weight excluding hydrogens is 391 g/mol. The van der Waals surface area contributed by atoms with Crippen molar-refractivity contribution in [1.82, 2.24) is 4.98 Å². The van der Waals surface area contributed by atoms with E-state index in [1.54, 1.807) is 22.7 Å². The van der Waals surface area contributed by atoms with E-state index in [0.717, 1.165) is 23.8 Å². The lowest BCUT2D eigenvalue weighted by atomic mass is 10.2. The monoisotopic (exact) mass is 400 g/mol. The number of nitrogens with zero attached hydrogens (tertiary/aromatic N) is 1. The fraction of sp³-hybridized carbons (Fsp3) is 0.0769. The summed E-state index contributed by atoms with van der Waals surface area (Å²) in [6.45, 7) is 1.98. The molecule has 0 aliphatic rings. The van der Waals surface area contributed by atoms with Gasteiger partial charge in [-0.3, -0.25) is 4.79 Å². The Morgan fingerprint density at radius 3 is 2.95 bits per heavy atom. The number of fused-ring (bicyclic) bond motifs is 1. The van der Waals surface area contributed by atoms with E-state index in [-0.39, 0.29) is 5.91 Å². The second-order valence-electron chi connectivity index (χ2n) is 4.01. The van der Waals surface area contributed by atoms with Crippen LogP contribution in [0.1, 0.15) is 15.4 Å². The molecular formula is C13H9IN2OS2. The molecule has 3 rings (SSSR count). The van der Waals surface area contributed by atoms with E-state index >= 15 is 0 Å². The number of hydrogen-bond donors (Lipinski definition) is 1. The number of carbonyl (C=O) groups is 1. The summed E-state index contributed by atoms with van der Waals surface area (Å²) in [5.74, 6) is -0.0697. The number of hydrogen-bond acceptors (Lipinski definition) is 4. The van der Waals surface area contributed by atoms with E-state index in [1.165, 1.54) is 0 Å². The van der Waals surface area contributed by atoms with Crippen molar-refractivity contribution in [1.29, 1.82) is 0 Å². The Morgan fingerprint density at radius 2 is 2.21 bits per heavy atom. The molecule has 0 saturated carbocycles. The van der Waals surface area contributed by atoms with Crippen molar-refractivity contribution >= 4 is 67.1 Å². The first-order valence-electron chi connectivity index (χ1n) is 5.54. The average molecular weight is 400 g/mol. The van der Waals surface area contributed by atoms with E-state index in [1.807, 2.05) is 36.6 Å². The molecule has 96 valence electrons. The average Bonchev–Trinajstić information content (AvgIpc) is 2.93. The van der Waals surface area contributed by atoms with Gasteiger partial charge >= 0.3 is 0 Å². The van der Waals surface area contributed by atoms with E-state index in [4.69, 9.17) is 0 Å². The van der Waals surface area contributed by atoms with Gasteiger partial charge in [0, 0.05) is 11.1 Å². The van der Waals surface area contributed by atoms with Gasteiger partial charge in [0.2, 0.25) is 0 Å². The van der Waals surface area contributed by atoms with Crippen molar-refractivity contribution in [2.24, 2.45) is 0 Å². The summed E-state index contributed by atoms with van der Waals surface area (Å²) in [7, 11) is 0. The molecule has 19 heavy (non-hydrogen) atoms. The minimum Gasteiger partial charge on any atom is -0.322 e. The topological polar surface area (TPSA) is 42.0 Å². The molecule has 0 unspecified atom stereocenters. The van der Waals surface area contributed by atoms with Crippen molar-refractivity contribution in [3.05, 3.63) is 43.1 Å². The lowest BCUT2D eigenvalue weighted by molar-refractivity contribution is 0.102. The number of aryl methyl sites for hydroxylation is 1. The number of halogens is 1. The van der Waals surface area contributed by atoms with Crippen molar-refractivity contribution in [2.45, 2.75) is 6.92 Å². The van der Waals surface area contributed by atoms with Crippen molar-refractivity contribution in [3.63, 3.8) is 0 Å². The van der Waals surface area contributed by atoms with E-state index in [2.05, 4.69) is 32.9 Å². The van der Waals surface area contributed by atoms with Gasteiger partial charge in [0.15, 0.2) is 0 Å². The molecule has 0 fully saturated rings. The molecule has 1 amide bonds. The molecule has 0 saturated heterocycles. The number of carbonyl (C=O) groups excluding carboxylic acids is 1. The quantitative estimate of drug-likeness (QED) is 0.643. The van der Waals surface area contributed by atoms with Crippen LogP contribution in [-0.4, -0.2) is 10.9 Å². The second kappa shape index (κ2) is 5.18. The van der Waals surface area contributed by atoms with E-state index in [0.29, 0.717) is 5.56 Å². The third kappa shape index (κ3) is 2.80. The number of thiophene rings is 1. The molecule has 0 spiro atoms. The number of aromatic nitrogens is 1. The zero-order chi connectivity index (χ0) is 13.4. The van der Waals surface area contributed by atoms with Crippen molar-refractivity contribution in [2.75, 3.05) is 5.32 Å². The maximum absolute atomic E-state index is 12.0. The molecule has 6 heteroatoms. The summed E-state index contributed by atoms with van der Waals surface area (Å²) >= 11 is 5.41. The second-order valence-corrected chi connectivity index (χ2v) is 8.05. The smallest absolute Gasteiger partial charge is 0.256 e. The van der Waals surface area contributed by atoms with Crippen LogP contribution in [0.15, 0.2) is 29.6 Å². The van der Waals surface area contributed by atoms with Gasteiger partial charge in [-0.25, -0.2) is 4.98 Å². The third-order valence-electron chi connectivity index (χ3n) is 2.58. The fourth-order valence-corrected chi connectivity index (χ4v) is 3.94. The highest BCUT2D eigenvalue weighted by Gasteiger charge is 2.09. The Kier molecular flexibility index (Phi) is 3.55. The van der Waals surface area contributed by atoms with Gasteiger partial charge in [-0.15, -0.1) is 22.7 Å². The molecule has 2 aromatic heterocycles. The number of nitrogens with one attached hydrogen (secondary N) is 1. The largest absolute Gasteiger partial charge is 0.322 e. The predicted molar refractivity (Wildman–Crippen MR) is 89.3 cm³/mol. The highest BCUT2D eigenvalue weighted by molar-refractivity contribution is 14.1. The van der Waals surface area contributed by atoms with Gasteiger partial charge in [0.1, 0.15) is 0 Å². The van der Waals surface area contributed by atoms with Gasteiger partial charge in [-0.2, -0.15) is 0 Å². The summed E-state index contributed by atoms with van der Waals surface area (Å²) < 4.78 is 2.20. The standard InChI is InChI=1S/C13H9IN2OS2/c1-7-15-10-3-2-9(5-11(10)19-7)16-13(17)8-4-12(14)18-6-8/h2-6H,1H3,(H,16,17). The first-order chi connectivity index (χ1) is 9.11. The maximum atomic E-state index is 12.0. The van der Waals surface area contributed by atoms with Gasteiger partial charge in [0.25, 0.3) is 5.91 Å². The van der Waals surface area contributed by atoms with Gasteiger partial charge in [-0.05, 0) is 53.8 Å². The third-order valence-corrected chi connectivity index (χ3v) is 5.31. The summed E-state index contributed by atoms with van der Waals surface area (Å²) in [6.07, 6.45) is 0. The lowest BCUT2D eigenvalue weighted by Gasteiger charge is -2.03. The Bertz CT molecular complexity index is 763. The molecule has 0 atom stereocenters. The van der Waals surface area contributed by atoms with Gasteiger partial charge in [-0.1, -0.05) is 0 Å². The van der Waals surface area contributed by atoms with Crippen molar-refractivity contribution in [3.8, 4) is 0 Å². The molecule has 0 radical (unpaired) electrons. The lowest BCUT2D eigenvalue weighted by Crippen LogP contribution is -2.10. The number of thiazole rings is 1. The Hall–Kier alpha value is -0.990. The van der Waals surface area contributed by atoms with Gasteiger partial charge in [0.05, 0.1) is 23.7 Å². The van der Waals surface area contributed by atoms with Crippen molar-refractivity contribution < 1.29 is 4.79 Å². The van der Waals surface area contributed by atoms with Gasteiger partial charge < -0.3 is 5.32 Å². The Morgan fingerprint density at radius 1 is 1.37 bits per heavy atom.